The van der Waals surface area contributed by atoms with Gasteiger partial charge < -0.3 is 34.3 Å². The molecule has 0 atom stereocenters. The van der Waals surface area contributed by atoms with Gasteiger partial charge in [-0.15, -0.1) is 0 Å². The van der Waals surface area contributed by atoms with Crippen molar-refractivity contribution < 1.29 is 22.7 Å². The minimum Gasteiger partial charge on any atom is -0.501 e. The first kappa shape index (κ1) is 36.2. The average molecular weight is 670 g/mol. The van der Waals surface area contributed by atoms with E-state index in [2.05, 4.69) is 41.1 Å². The van der Waals surface area contributed by atoms with Crippen LogP contribution in [0.25, 0.3) is 21.9 Å². The van der Waals surface area contributed by atoms with Gasteiger partial charge in [-0.05, 0) is 87.6 Å². The molecule has 3 aliphatic heterocycles. The zero-order chi connectivity index (χ0) is 34.4. The SMILES string of the molecule is CC.COC1=C(C)CCNCC1.Fc1ccc2c3c(oc2c1)CNCCC3.c1ccc(COc2ccc3c4c(oc3c2)CCCNC4)cc1. The molecule has 262 valence electrons. The van der Waals surface area contributed by atoms with Crippen molar-refractivity contribution >= 4 is 21.9 Å². The molecule has 2 aromatic heterocycles. The first-order valence-corrected chi connectivity index (χ1v) is 17.8. The van der Waals surface area contributed by atoms with Crippen LogP contribution in [0.4, 0.5) is 4.39 Å². The predicted molar refractivity (Wildman–Crippen MR) is 196 cm³/mol. The van der Waals surface area contributed by atoms with E-state index in [4.69, 9.17) is 18.3 Å². The highest BCUT2D eigenvalue weighted by Gasteiger charge is 2.18. The highest BCUT2D eigenvalue weighted by molar-refractivity contribution is 5.84. The van der Waals surface area contributed by atoms with E-state index in [-0.39, 0.29) is 5.82 Å². The molecule has 0 unspecified atom stereocenters. The van der Waals surface area contributed by atoms with E-state index in [9.17, 15) is 4.39 Å². The fourth-order valence-corrected chi connectivity index (χ4v) is 6.41. The summed E-state index contributed by atoms with van der Waals surface area (Å²) >= 11 is 0. The van der Waals surface area contributed by atoms with E-state index in [1.54, 1.807) is 7.11 Å². The summed E-state index contributed by atoms with van der Waals surface area (Å²) in [4.78, 5) is 0. The quantitative estimate of drug-likeness (QED) is 0.176. The first-order valence-electron chi connectivity index (χ1n) is 17.8. The van der Waals surface area contributed by atoms with Gasteiger partial charge in [-0.2, -0.15) is 0 Å². The Balaban J connectivity index is 0.000000150. The van der Waals surface area contributed by atoms with Crippen LogP contribution in [0.2, 0.25) is 0 Å². The van der Waals surface area contributed by atoms with Crippen LogP contribution < -0.4 is 20.7 Å². The van der Waals surface area contributed by atoms with Crippen molar-refractivity contribution in [1.82, 2.24) is 16.0 Å². The Bertz CT molecular complexity index is 1790. The summed E-state index contributed by atoms with van der Waals surface area (Å²) < 4.78 is 35.8. The fourth-order valence-electron chi connectivity index (χ4n) is 6.41. The van der Waals surface area contributed by atoms with Crippen LogP contribution in [0.15, 0.2) is 86.9 Å². The molecule has 0 radical (unpaired) electrons. The van der Waals surface area contributed by atoms with Gasteiger partial charge in [-0.1, -0.05) is 44.2 Å². The Hall–Kier alpha value is -4.11. The predicted octanol–water partition coefficient (Wildman–Crippen LogP) is 8.97. The number of furan rings is 2. The third-order valence-electron chi connectivity index (χ3n) is 8.99. The highest BCUT2D eigenvalue weighted by atomic mass is 19.1. The second kappa shape index (κ2) is 18.6. The van der Waals surface area contributed by atoms with Gasteiger partial charge >= 0.3 is 0 Å². The molecule has 0 saturated carbocycles. The number of aryl methyl sites for hydroxylation is 2. The van der Waals surface area contributed by atoms with Gasteiger partial charge in [-0.25, -0.2) is 4.39 Å². The zero-order valence-electron chi connectivity index (χ0n) is 29.6. The monoisotopic (exact) mass is 669 g/mol. The molecule has 0 bridgehead atoms. The molecule has 8 heteroatoms. The van der Waals surface area contributed by atoms with Crippen LogP contribution in [0, 0.1) is 5.82 Å². The highest BCUT2D eigenvalue weighted by Crippen LogP contribution is 2.31. The van der Waals surface area contributed by atoms with Gasteiger partial charge in [0.15, 0.2) is 0 Å². The van der Waals surface area contributed by atoms with Crippen molar-refractivity contribution in [3.05, 3.63) is 112 Å². The lowest BCUT2D eigenvalue weighted by Crippen LogP contribution is -2.14. The largest absolute Gasteiger partial charge is 0.501 e. The standard InChI is InChI=1S/C19H19NO2.C12H12FNO.C8H15NO.C2H6/c1-2-5-14(6-3-1)13-21-15-8-9-16-17-12-20-10-4-7-18(17)22-19(16)11-15;13-8-3-4-10-9-2-1-5-14-7-12(9)15-11(10)6-8;1-7-3-5-9-6-4-8(7)10-2;1-2/h1-3,5-6,8-9,11,20H,4,7,10,12-13H2;3-4,6,14H,1-2,5,7H2;9H,3-6H2,1-2H3;1-2H3. The molecule has 5 heterocycles. The Kier molecular flexibility index (Phi) is 13.7. The fraction of sp³-hybridized carbons (Fsp3) is 0.415. The minimum atomic E-state index is -0.237. The first-order chi connectivity index (χ1) is 24.1. The molecule has 7 nitrogen and oxygen atoms in total. The third-order valence-corrected chi connectivity index (χ3v) is 8.99. The lowest BCUT2D eigenvalue weighted by atomic mass is 10.1. The molecule has 0 spiro atoms. The number of ether oxygens (including phenoxy) is 2. The third kappa shape index (κ3) is 9.75. The van der Waals surface area contributed by atoms with Crippen molar-refractivity contribution in [3.63, 3.8) is 0 Å². The van der Waals surface area contributed by atoms with Crippen molar-refractivity contribution in [1.29, 1.82) is 0 Å². The Labute approximate surface area is 290 Å². The zero-order valence-corrected chi connectivity index (χ0v) is 29.6. The number of hydrogen-bond donors (Lipinski definition) is 3. The molecule has 0 aliphatic carbocycles. The van der Waals surface area contributed by atoms with Gasteiger partial charge in [0.1, 0.15) is 40.9 Å². The number of hydrogen-bond acceptors (Lipinski definition) is 7. The van der Waals surface area contributed by atoms with E-state index in [0.717, 1.165) is 106 Å². The van der Waals surface area contributed by atoms with E-state index >= 15 is 0 Å². The molecule has 3 aliphatic rings. The van der Waals surface area contributed by atoms with E-state index in [1.807, 2.05) is 50.2 Å². The summed E-state index contributed by atoms with van der Waals surface area (Å²) in [6, 6.07) is 21.1. The molecule has 0 fully saturated rings. The molecule has 3 aromatic carbocycles. The van der Waals surface area contributed by atoms with Gasteiger partial charge in [0, 0.05) is 60.0 Å². The number of methoxy groups -OCH3 is 1. The molecular formula is C41H52FN3O4. The Morgan fingerprint density at radius 3 is 2.20 bits per heavy atom. The normalized spacial score (nSPS) is 15.9. The average Bonchev–Trinajstić information content (AvgIpc) is 3.32. The summed E-state index contributed by atoms with van der Waals surface area (Å²) in [6.45, 7) is 12.6. The summed E-state index contributed by atoms with van der Waals surface area (Å²) in [5, 5.41) is 12.3. The molecule has 0 saturated heterocycles. The lowest BCUT2D eigenvalue weighted by Gasteiger charge is -2.06. The molecule has 49 heavy (non-hydrogen) atoms. The lowest BCUT2D eigenvalue weighted by molar-refractivity contribution is 0.273. The minimum absolute atomic E-state index is 0.237. The van der Waals surface area contributed by atoms with Crippen LogP contribution in [0.5, 0.6) is 5.75 Å². The van der Waals surface area contributed by atoms with Crippen molar-refractivity contribution in [3.8, 4) is 5.75 Å². The van der Waals surface area contributed by atoms with Gasteiger partial charge in [0.05, 0.1) is 19.4 Å². The van der Waals surface area contributed by atoms with E-state index in [0.29, 0.717) is 12.2 Å². The second-order valence-electron chi connectivity index (χ2n) is 12.3. The molecule has 0 amide bonds. The van der Waals surface area contributed by atoms with Gasteiger partial charge in [0.25, 0.3) is 0 Å². The van der Waals surface area contributed by atoms with E-state index < -0.39 is 0 Å². The maximum absolute atomic E-state index is 13.0. The number of fused-ring (bicyclic) bond motifs is 6. The smallest absolute Gasteiger partial charge is 0.138 e. The number of halogens is 1. The summed E-state index contributed by atoms with van der Waals surface area (Å²) in [5.74, 6) is 3.88. The molecular weight excluding hydrogens is 617 g/mol. The van der Waals surface area contributed by atoms with Crippen LogP contribution in [0.3, 0.4) is 0 Å². The summed E-state index contributed by atoms with van der Waals surface area (Å²) in [5.41, 5.74) is 6.72. The summed E-state index contributed by atoms with van der Waals surface area (Å²) in [7, 11) is 1.75. The Morgan fingerprint density at radius 1 is 0.694 bits per heavy atom. The molecule has 8 rings (SSSR count). The maximum Gasteiger partial charge on any atom is 0.138 e. The van der Waals surface area contributed by atoms with Gasteiger partial charge in [0.2, 0.25) is 0 Å². The summed E-state index contributed by atoms with van der Waals surface area (Å²) in [6.07, 6.45) is 6.44. The van der Waals surface area contributed by atoms with Crippen LogP contribution in [-0.4, -0.2) is 33.3 Å². The molecule has 5 aromatic rings. The van der Waals surface area contributed by atoms with Crippen LogP contribution >= 0.6 is 0 Å². The number of rotatable bonds is 4. The second-order valence-corrected chi connectivity index (χ2v) is 12.3. The topological polar surface area (TPSA) is 80.8 Å². The number of nitrogens with one attached hydrogen (secondary N) is 3. The molecule has 3 N–H and O–H groups in total. The van der Waals surface area contributed by atoms with Gasteiger partial charge in [-0.3, -0.25) is 0 Å². The maximum atomic E-state index is 13.0. The van der Waals surface area contributed by atoms with Crippen molar-refractivity contribution in [2.24, 2.45) is 0 Å². The number of benzene rings is 3. The van der Waals surface area contributed by atoms with Crippen LogP contribution in [-0.2, 0) is 37.3 Å². The Morgan fingerprint density at radius 2 is 1.39 bits per heavy atom. The van der Waals surface area contributed by atoms with Crippen molar-refractivity contribution in [2.45, 2.75) is 79.0 Å². The van der Waals surface area contributed by atoms with E-state index in [1.165, 1.54) is 45.5 Å². The van der Waals surface area contributed by atoms with Crippen LogP contribution in [0.1, 0.15) is 74.7 Å². The van der Waals surface area contributed by atoms with Crippen molar-refractivity contribution in [2.75, 3.05) is 33.3 Å².